The quantitative estimate of drug-likeness (QED) is 0.738. The number of nitrogens with one attached hydrogen (secondary N) is 1. The van der Waals surface area contributed by atoms with Gasteiger partial charge in [0.15, 0.2) is 0 Å². The molecule has 7 heteroatoms. The molecule has 0 saturated carbocycles. The first-order valence-corrected chi connectivity index (χ1v) is 9.85. The van der Waals surface area contributed by atoms with Crippen LogP contribution in [0, 0.1) is 5.92 Å². The second-order valence-electron chi connectivity index (χ2n) is 7.10. The number of ether oxygens (including phenoxy) is 1. The van der Waals surface area contributed by atoms with Gasteiger partial charge in [-0.25, -0.2) is 0 Å². The smallest absolute Gasteiger partial charge is 0.122 e. The van der Waals surface area contributed by atoms with E-state index in [9.17, 15) is 5.11 Å². The van der Waals surface area contributed by atoms with Crippen LogP contribution in [0.15, 0.2) is 18.2 Å². The fraction of sp³-hybridized carbons (Fsp3) is 0.700. The predicted molar refractivity (Wildman–Crippen MR) is 117 cm³/mol. The third-order valence-electron chi connectivity index (χ3n) is 5.72. The number of aromatic hydroxyl groups is 1. The normalized spacial score (nSPS) is 19.6. The third-order valence-corrected chi connectivity index (χ3v) is 5.72. The number of halogens is 2. The summed E-state index contributed by atoms with van der Waals surface area (Å²) >= 11 is 0. The second kappa shape index (κ2) is 12.0. The summed E-state index contributed by atoms with van der Waals surface area (Å²) in [6.07, 6.45) is 2.15. The molecule has 156 valence electrons. The summed E-state index contributed by atoms with van der Waals surface area (Å²) in [5, 5.41) is 14.3. The highest BCUT2D eigenvalue weighted by atomic mass is 35.5. The molecule has 0 aromatic heterocycles. The van der Waals surface area contributed by atoms with Gasteiger partial charge >= 0.3 is 0 Å². The molecule has 2 heterocycles. The lowest BCUT2D eigenvalue weighted by atomic mass is 9.85. The largest absolute Gasteiger partial charge is 0.508 e. The third kappa shape index (κ3) is 5.88. The van der Waals surface area contributed by atoms with Gasteiger partial charge in [-0.15, -0.1) is 24.8 Å². The number of benzene rings is 1. The minimum Gasteiger partial charge on any atom is -0.508 e. The van der Waals surface area contributed by atoms with Gasteiger partial charge in [0.25, 0.3) is 0 Å². The second-order valence-corrected chi connectivity index (χ2v) is 7.10. The molecule has 2 saturated heterocycles. The topological polar surface area (TPSA) is 48.0 Å². The minimum atomic E-state index is 0. The molecule has 27 heavy (non-hydrogen) atoms. The van der Waals surface area contributed by atoms with E-state index in [0.717, 1.165) is 76.6 Å². The summed E-state index contributed by atoms with van der Waals surface area (Å²) in [5.74, 6) is 0.997. The van der Waals surface area contributed by atoms with Crippen LogP contribution in [0.2, 0.25) is 0 Å². The van der Waals surface area contributed by atoms with Gasteiger partial charge in [0.2, 0.25) is 0 Å². The van der Waals surface area contributed by atoms with Crippen molar-refractivity contribution in [2.24, 2.45) is 5.92 Å². The van der Waals surface area contributed by atoms with Crippen LogP contribution in [0.3, 0.4) is 0 Å². The zero-order valence-electron chi connectivity index (χ0n) is 16.5. The number of hydrogen-bond donors (Lipinski definition) is 2. The van der Waals surface area contributed by atoms with E-state index in [-0.39, 0.29) is 30.9 Å². The maximum atomic E-state index is 10.9. The summed E-state index contributed by atoms with van der Waals surface area (Å²) in [7, 11) is 0. The van der Waals surface area contributed by atoms with Crippen molar-refractivity contribution in [2.75, 3.05) is 57.4 Å². The van der Waals surface area contributed by atoms with Crippen molar-refractivity contribution < 1.29 is 9.84 Å². The van der Waals surface area contributed by atoms with E-state index < -0.39 is 0 Å². The van der Waals surface area contributed by atoms with Crippen LogP contribution in [-0.2, 0) is 4.74 Å². The summed E-state index contributed by atoms with van der Waals surface area (Å²) in [4.78, 5) is 4.83. The van der Waals surface area contributed by atoms with Crippen molar-refractivity contribution in [1.29, 1.82) is 0 Å². The highest BCUT2D eigenvalue weighted by Gasteiger charge is 2.33. The minimum absolute atomic E-state index is 0. The number of anilines is 1. The summed E-state index contributed by atoms with van der Waals surface area (Å²) < 4.78 is 5.58. The van der Waals surface area contributed by atoms with E-state index in [1.807, 2.05) is 6.07 Å². The molecule has 2 aliphatic heterocycles. The van der Waals surface area contributed by atoms with Crippen molar-refractivity contribution in [1.82, 2.24) is 10.2 Å². The van der Waals surface area contributed by atoms with Crippen LogP contribution >= 0.6 is 24.8 Å². The lowest BCUT2D eigenvalue weighted by Crippen LogP contribution is -2.47. The Morgan fingerprint density at radius 3 is 2.33 bits per heavy atom. The maximum Gasteiger partial charge on any atom is 0.122 e. The molecule has 2 N–H and O–H groups in total. The Bertz CT molecular complexity index is 528. The Morgan fingerprint density at radius 1 is 1.15 bits per heavy atom. The zero-order valence-corrected chi connectivity index (χ0v) is 18.2. The molecule has 0 unspecified atom stereocenters. The van der Waals surface area contributed by atoms with E-state index in [1.165, 1.54) is 0 Å². The summed E-state index contributed by atoms with van der Waals surface area (Å²) in [6.45, 7) is 12.0. The predicted octanol–water partition coefficient (Wildman–Crippen LogP) is 3.45. The van der Waals surface area contributed by atoms with Crippen molar-refractivity contribution in [3.05, 3.63) is 23.8 Å². The Balaban J connectivity index is 0.00000182. The van der Waals surface area contributed by atoms with Crippen LogP contribution in [0.1, 0.15) is 38.3 Å². The Hall–Kier alpha value is -0.720. The van der Waals surface area contributed by atoms with Crippen LogP contribution in [0.5, 0.6) is 5.75 Å². The molecule has 2 aliphatic rings. The maximum absolute atomic E-state index is 10.9. The Labute approximate surface area is 176 Å². The van der Waals surface area contributed by atoms with Gasteiger partial charge < -0.3 is 20.1 Å². The fourth-order valence-corrected chi connectivity index (χ4v) is 4.31. The van der Waals surface area contributed by atoms with Crippen LogP contribution in [-0.4, -0.2) is 62.5 Å². The van der Waals surface area contributed by atoms with Crippen molar-refractivity contribution in [2.45, 2.75) is 32.7 Å². The van der Waals surface area contributed by atoms with Gasteiger partial charge in [-0.2, -0.15) is 0 Å². The standard InChI is InChI=1S/C20H33N3O2.2ClH/c1-3-22(4-2)17-5-6-18(19(24)15-17)20(16-7-13-25-14-8-16)23-11-9-21-10-12-23;;/h5-6,15-16,20-21,24H,3-4,7-14H2,1-2H3;2*1H/t20-;;/m1../s1. The molecule has 0 amide bonds. The first-order valence-electron chi connectivity index (χ1n) is 9.85. The molecular weight excluding hydrogens is 385 g/mol. The number of phenols is 1. The van der Waals surface area contributed by atoms with Gasteiger partial charge in [-0.1, -0.05) is 6.07 Å². The number of phenolic OH excluding ortho intramolecular Hbond substituents is 1. The number of rotatable bonds is 6. The molecule has 1 aromatic rings. The molecule has 2 fully saturated rings. The molecular formula is C20H35Cl2N3O2. The molecule has 5 nitrogen and oxygen atoms in total. The average molecular weight is 420 g/mol. The molecule has 1 atom stereocenters. The first-order chi connectivity index (χ1) is 12.2. The van der Waals surface area contributed by atoms with Crippen LogP contribution < -0.4 is 10.2 Å². The van der Waals surface area contributed by atoms with Crippen molar-refractivity contribution >= 4 is 30.5 Å². The van der Waals surface area contributed by atoms with Crippen molar-refractivity contribution in [3.63, 3.8) is 0 Å². The van der Waals surface area contributed by atoms with Crippen molar-refractivity contribution in [3.8, 4) is 5.75 Å². The van der Waals surface area contributed by atoms with E-state index in [0.29, 0.717) is 11.7 Å². The molecule has 3 rings (SSSR count). The van der Waals surface area contributed by atoms with Gasteiger partial charge in [-0.05, 0) is 38.7 Å². The zero-order chi connectivity index (χ0) is 17.6. The number of nitrogens with zero attached hydrogens (tertiary/aromatic N) is 2. The lowest BCUT2D eigenvalue weighted by molar-refractivity contribution is 0.0206. The SMILES string of the molecule is CCN(CC)c1ccc([C@@H](C2CCOCC2)N2CCNCC2)c(O)c1.Cl.Cl. The molecule has 0 bridgehead atoms. The molecule has 1 aromatic carbocycles. The van der Waals surface area contributed by atoms with Gasteiger partial charge in [0, 0.05) is 75.8 Å². The first kappa shape index (κ1) is 24.3. The van der Waals surface area contributed by atoms with E-state index >= 15 is 0 Å². The van der Waals surface area contributed by atoms with Gasteiger partial charge in [-0.3, -0.25) is 4.90 Å². The van der Waals surface area contributed by atoms with E-state index in [1.54, 1.807) is 0 Å². The Morgan fingerprint density at radius 2 is 1.78 bits per heavy atom. The van der Waals surface area contributed by atoms with Crippen LogP contribution in [0.4, 0.5) is 5.69 Å². The fourth-order valence-electron chi connectivity index (χ4n) is 4.31. The average Bonchev–Trinajstić information content (AvgIpc) is 2.66. The molecule has 0 aliphatic carbocycles. The summed E-state index contributed by atoms with van der Waals surface area (Å²) in [6, 6.07) is 6.58. The van der Waals surface area contributed by atoms with Gasteiger partial charge in [0.05, 0.1) is 0 Å². The lowest BCUT2D eigenvalue weighted by Gasteiger charge is -2.41. The number of piperazine rings is 1. The molecule has 0 spiro atoms. The number of hydrogen-bond acceptors (Lipinski definition) is 5. The van der Waals surface area contributed by atoms with Gasteiger partial charge in [0.1, 0.15) is 5.75 Å². The highest BCUT2D eigenvalue weighted by molar-refractivity contribution is 5.85. The van der Waals surface area contributed by atoms with E-state index in [2.05, 4.69) is 41.1 Å². The highest BCUT2D eigenvalue weighted by Crippen LogP contribution is 2.40. The van der Waals surface area contributed by atoms with Crippen LogP contribution in [0.25, 0.3) is 0 Å². The van der Waals surface area contributed by atoms with E-state index in [4.69, 9.17) is 4.74 Å². The monoisotopic (exact) mass is 419 g/mol. The summed E-state index contributed by atoms with van der Waals surface area (Å²) in [5.41, 5.74) is 2.20. The molecule has 0 radical (unpaired) electrons. The Kier molecular flexibility index (Phi) is 10.8.